The smallest absolute Gasteiger partial charge is 0.232 e. The summed E-state index contributed by atoms with van der Waals surface area (Å²) in [5, 5.41) is 13.1. The molecular weight excluding hydrogens is 292 g/mol. The standard InChI is InChI=1S/C14H22N2O4S/c1-9-4-16(5-12(6-17)19-9)14(18)8-21-7-13-10(2)15-20-11(13)3/h9,12,17H,4-8H2,1-3H3. The highest BCUT2D eigenvalue weighted by atomic mass is 32.2. The minimum atomic E-state index is -0.273. The molecule has 2 heterocycles. The van der Waals surface area contributed by atoms with Crippen molar-refractivity contribution in [2.24, 2.45) is 0 Å². The molecule has 1 aliphatic rings. The number of morpholine rings is 1. The van der Waals surface area contributed by atoms with Crippen molar-refractivity contribution in [2.75, 3.05) is 25.4 Å². The number of thioether (sulfide) groups is 1. The normalized spacial score (nSPS) is 22.6. The molecule has 1 aromatic heterocycles. The van der Waals surface area contributed by atoms with Crippen molar-refractivity contribution in [3.05, 3.63) is 17.0 Å². The Morgan fingerprint density at radius 2 is 2.24 bits per heavy atom. The number of aliphatic hydroxyl groups excluding tert-OH is 1. The summed E-state index contributed by atoms with van der Waals surface area (Å²) in [4.78, 5) is 14.0. The molecular formula is C14H22N2O4S. The van der Waals surface area contributed by atoms with Gasteiger partial charge in [-0.05, 0) is 20.8 Å². The van der Waals surface area contributed by atoms with Gasteiger partial charge in [0.1, 0.15) is 5.76 Å². The Morgan fingerprint density at radius 3 is 2.86 bits per heavy atom. The van der Waals surface area contributed by atoms with Crippen LogP contribution in [0.15, 0.2) is 4.52 Å². The number of carbonyl (C=O) groups excluding carboxylic acids is 1. The van der Waals surface area contributed by atoms with E-state index >= 15 is 0 Å². The van der Waals surface area contributed by atoms with E-state index in [1.165, 1.54) is 0 Å². The van der Waals surface area contributed by atoms with Crippen LogP contribution in [0.2, 0.25) is 0 Å². The zero-order valence-corrected chi connectivity index (χ0v) is 13.5. The van der Waals surface area contributed by atoms with Crippen LogP contribution in [-0.2, 0) is 15.3 Å². The number of aryl methyl sites for hydroxylation is 2. The number of hydrogen-bond donors (Lipinski definition) is 1. The van der Waals surface area contributed by atoms with Crippen molar-refractivity contribution >= 4 is 17.7 Å². The summed E-state index contributed by atoms with van der Waals surface area (Å²) in [6.45, 7) is 6.70. The number of hydrogen-bond acceptors (Lipinski definition) is 6. The maximum absolute atomic E-state index is 12.2. The number of aliphatic hydroxyl groups is 1. The summed E-state index contributed by atoms with van der Waals surface area (Å²) in [5.41, 5.74) is 1.95. The second-order valence-electron chi connectivity index (χ2n) is 5.35. The number of nitrogens with zero attached hydrogens (tertiary/aromatic N) is 2. The monoisotopic (exact) mass is 314 g/mol. The summed E-state index contributed by atoms with van der Waals surface area (Å²) in [7, 11) is 0. The first-order valence-corrected chi connectivity index (χ1v) is 8.20. The van der Waals surface area contributed by atoms with E-state index < -0.39 is 0 Å². The lowest BCUT2D eigenvalue weighted by atomic mass is 10.2. The summed E-state index contributed by atoms with van der Waals surface area (Å²) >= 11 is 1.56. The van der Waals surface area contributed by atoms with Crippen LogP contribution in [-0.4, -0.2) is 58.7 Å². The average Bonchev–Trinajstić information content (AvgIpc) is 2.78. The van der Waals surface area contributed by atoms with Gasteiger partial charge in [-0.1, -0.05) is 5.16 Å². The van der Waals surface area contributed by atoms with E-state index in [-0.39, 0.29) is 24.7 Å². The first kappa shape index (κ1) is 16.3. The van der Waals surface area contributed by atoms with Crippen LogP contribution >= 0.6 is 11.8 Å². The first-order valence-electron chi connectivity index (χ1n) is 7.04. The van der Waals surface area contributed by atoms with Gasteiger partial charge in [0.15, 0.2) is 0 Å². The maximum Gasteiger partial charge on any atom is 0.232 e. The quantitative estimate of drug-likeness (QED) is 0.878. The lowest BCUT2D eigenvalue weighted by Crippen LogP contribution is -2.50. The Hall–Kier alpha value is -1.05. The SMILES string of the molecule is Cc1noc(C)c1CSCC(=O)N1CC(C)OC(CO)C1. The number of aromatic nitrogens is 1. The van der Waals surface area contributed by atoms with Crippen molar-refractivity contribution in [3.63, 3.8) is 0 Å². The molecule has 1 saturated heterocycles. The highest BCUT2D eigenvalue weighted by Gasteiger charge is 2.27. The topological polar surface area (TPSA) is 75.8 Å². The summed E-state index contributed by atoms with van der Waals surface area (Å²) < 4.78 is 10.6. The Bertz CT molecular complexity index is 472. The third kappa shape index (κ3) is 4.21. The molecule has 21 heavy (non-hydrogen) atoms. The van der Waals surface area contributed by atoms with Crippen molar-refractivity contribution in [1.29, 1.82) is 0 Å². The molecule has 1 aliphatic heterocycles. The minimum Gasteiger partial charge on any atom is -0.394 e. The Labute approximate surface area is 128 Å². The summed E-state index contributed by atoms with van der Waals surface area (Å²) in [6, 6.07) is 0. The first-order chi connectivity index (χ1) is 10.0. The van der Waals surface area contributed by atoms with Crippen LogP contribution < -0.4 is 0 Å². The van der Waals surface area contributed by atoms with Crippen LogP contribution in [0.1, 0.15) is 23.9 Å². The van der Waals surface area contributed by atoms with Crippen LogP contribution in [0.25, 0.3) is 0 Å². The van der Waals surface area contributed by atoms with Crippen LogP contribution in [0.4, 0.5) is 0 Å². The third-order valence-electron chi connectivity index (χ3n) is 3.54. The van der Waals surface area contributed by atoms with E-state index in [0.29, 0.717) is 18.8 Å². The lowest BCUT2D eigenvalue weighted by Gasteiger charge is -2.36. The van der Waals surface area contributed by atoms with Crippen molar-refractivity contribution in [2.45, 2.75) is 38.7 Å². The van der Waals surface area contributed by atoms with Crippen LogP contribution in [0.5, 0.6) is 0 Å². The molecule has 0 saturated carbocycles. The van der Waals surface area contributed by atoms with Crippen molar-refractivity contribution in [1.82, 2.24) is 10.1 Å². The summed E-state index contributed by atoms with van der Waals surface area (Å²) in [5.74, 6) is 2.03. The van der Waals surface area contributed by atoms with Gasteiger partial charge in [-0.25, -0.2) is 0 Å². The van der Waals surface area contributed by atoms with E-state index in [1.807, 2.05) is 20.8 Å². The number of carbonyl (C=O) groups is 1. The highest BCUT2D eigenvalue weighted by molar-refractivity contribution is 7.99. The third-order valence-corrected chi connectivity index (χ3v) is 4.48. The molecule has 0 aromatic carbocycles. The molecule has 0 radical (unpaired) electrons. The molecule has 2 atom stereocenters. The average molecular weight is 314 g/mol. The fourth-order valence-corrected chi connectivity index (χ4v) is 3.46. The summed E-state index contributed by atoms with van der Waals surface area (Å²) in [6.07, 6.45) is -0.308. The number of rotatable bonds is 5. The van der Waals surface area contributed by atoms with Gasteiger partial charge < -0.3 is 19.3 Å². The predicted molar refractivity (Wildman–Crippen MR) is 80.1 cm³/mol. The van der Waals surface area contributed by atoms with Gasteiger partial charge in [0.25, 0.3) is 0 Å². The Morgan fingerprint density at radius 1 is 1.48 bits per heavy atom. The van der Waals surface area contributed by atoms with Gasteiger partial charge in [-0.3, -0.25) is 4.79 Å². The van der Waals surface area contributed by atoms with Gasteiger partial charge in [-0.2, -0.15) is 0 Å². The molecule has 1 fully saturated rings. The second-order valence-corrected chi connectivity index (χ2v) is 6.33. The van der Waals surface area contributed by atoms with E-state index in [9.17, 15) is 9.90 Å². The maximum atomic E-state index is 12.2. The van der Waals surface area contributed by atoms with Gasteiger partial charge in [0.2, 0.25) is 5.91 Å². The molecule has 2 unspecified atom stereocenters. The highest BCUT2D eigenvalue weighted by Crippen LogP contribution is 2.20. The van der Waals surface area contributed by atoms with Crippen molar-refractivity contribution in [3.8, 4) is 0 Å². The lowest BCUT2D eigenvalue weighted by molar-refractivity contribution is -0.144. The van der Waals surface area contributed by atoms with Gasteiger partial charge >= 0.3 is 0 Å². The Balaban J connectivity index is 1.81. The fraction of sp³-hybridized carbons (Fsp3) is 0.714. The molecule has 2 rings (SSSR count). The minimum absolute atomic E-state index is 0.0348. The number of ether oxygens (including phenoxy) is 1. The van der Waals surface area contributed by atoms with Crippen molar-refractivity contribution < 1.29 is 19.2 Å². The molecule has 1 amide bonds. The van der Waals surface area contributed by atoms with E-state index in [2.05, 4.69) is 5.16 Å². The fourth-order valence-electron chi connectivity index (χ4n) is 2.39. The van der Waals surface area contributed by atoms with Gasteiger partial charge in [0, 0.05) is 24.4 Å². The zero-order chi connectivity index (χ0) is 15.4. The molecule has 1 N–H and O–H groups in total. The van der Waals surface area contributed by atoms with Gasteiger partial charge in [-0.15, -0.1) is 11.8 Å². The van der Waals surface area contributed by atoms with Gasteiger partial charge in [0.05, 0.1) is 30.3 Å². The molecule has 0 bridgehead atoms. The van der Waals surface area contributed by atoms with E-state index in [1.54, 1.807) is 16.7 Å². The van der Waals surface area contributed by atoms with Crippen LogP contribution in [0.3, 0.4) is 0 Å². The molecule has 6 nitrogen and oxygen atoms in total. The molecule has 0 aliphatic carbocycles. The second kappa shape index (κ2) is 7.29. The Kier molecular flexibility index (Phi) is 5.66. The molecule has 7 heteroatoms. The molecule has 0 spiro atoms. The molecule has 118 valence electrons. The van der Waals surface area contributed by atoms with E-state index in [0.717, 1.165) is 22.8 Å². The predicted octanol–water partition coefficient (Wildman–Crippen LogP) is 1.13. The van der Waals surface area contributed by atoms with Crippen LogP contribution in [0, 0.1) is 13.8 Å². The molecule has 1 aromatic rings. The number of amides is 1. The zero-order valence-electron chi connectivity index (χ0n) is 12.7. The van der Waals surface area contributed by atoms with E-state index in [4.69, 9.17) is 9.26 Å². The largest absolute Gasteiger partial charge is 0.394 e.